The molecule has 1 heterocycles. The van der Waals surface area contributed by atoms with E-state index < -0.39 is 0 Å². The maximum atomic E-state index is 6.01. The highest BCUT2D eigenvalue weighted by atomic mass is 35.5. The summed E-state index contributed by atoms with van der Waals surface area (Å²) in [4.78, 5) is 0. The maximum absolute atomic E-state index is 6.01. The van der Waals surface area contributed by atoms with Gasteiger partial charge in [0.25, 0.3) is 0 Å². The van der Waals surface area contributed by atoms with Crippen LogP contribution in [0.2, 0.25) is 10.0 Å². The van der Waals surface area contributed by atoms with E-state index >= 15 is 0 Å². The highest BCUT2D eigenvalue weighted by Gasteiger charge is 2.15. The third kappa shape index (κ3) is 2.67. The van der Waals surface area contributed by atoms with Crippen molar-refractivity contribution < 1.29 is 0 Å². The van der Waals surface area contributed by atoms with Crippen molar-refractivity contribution in [1.29, 1.82) is 0 Å². The van der Waals surface area contributed by atoms with Crippen molar-refractivity contribution in [2.75, 3.05) is 0 Å². The SMILES string of the molecule is CCn1cc(C(NN)c2ccc(Cl)c(Cl)c2)cn1. The first-order valence-corrected chi connectivity index (χ1v) is 6.34. The first-order valence-electron chi connectivity index (χ1n) is 5.59. The number of aromatic nitrogens is 2. The molecule has 6 heteroatoms. The third-order valence-electron chi connectivity index (χ3n) is 2.75. The van der Waals surface area contributed by atoms with E-state index in [2.05, 4.69) is 10.5 Å². The molecule has 0 aliphatic carbocycles. The van der Waals surface area contributed by atoms with E-state index in [1.54, 1.807) is 18.3 Å². The van der Waals surface area contributed by atoms with Gasteiger partial charge in [-0.3, -0.25) is 10.5 Å². The van der Waals surface area contributed by atoms with Gasteiger partial charge in [0.15, 0.2) is 0 Å². The van der Waals surface area contributed by atoms with Crippen molar-refractivity contribution in [3.8, 4) is 0 Å². The van der Waals surface area contributed by atoms with Crippen LogP contribution in [0.1, 0.15) is 24.1 Å². The number of benzene rings is 1. The van der Waals surface area contributed by atoms with E-state index in [0.717, 1.165) is 17.7 Å². The second-order valence-electron chi connectivity index (χ2n) is 3.90. The molecule has 0 amide bonds. The molecule has 2 rings (SSSR count). The van der Waals surface area contributed by atoms with Crippen LogP contribution in [0.4, 0.5) is 0 Å². The number of hydrogen-bond donors (Lipinski definition) is 2. The molecule has 0 saturated carbocycles. The summed E-state index contributed by atoms with van der Waals surface area (Å²) in [5, 5.41) is 5.27. The van der Waals surface area contributed by atoms with Gasteiger partial charge in [0.05, 0.1) is 22.3 Å². The quantitative estimate of drug-likeness (QED) is 0.671. The second-order valence-corrected chi connectivity index (χ2v) is 4.72. The minimum atomic E-state index is -0.153. The van der Waals surface area contributed by atoms with Crippen molar-refractivity contribution in [3.63, 3.8) is 0 Å². The van der Waals surface area contributed by atoms with Crippen molar-refractivity contribution >= 4 is 23.2 Å². The molecule has 1 aromatic carbocycles. The molecule has 0 saturated heterocycles. The molecule has 1 atom stereocenters. The van der Waals surface area contributed by atoms with E-state index in [1.807, 2.05) is 23.9 Å². The Morgan fingerprint density at radius 3 is 2.67 bits per heavy atom. The van der Waals surface area contributed by atoms with Gasteiger partial charge in [-0.25, -0.2) is 5.43 Å². The van der Waals surface area contributed by atoms with Gasteiger partial charge in [0.2, 0.25) is 0 Å². The number of nitrogens with zero attached hydrogens (tertiary/aromatic N) is 2. The van der Waals surface area contributed by atoms with Crippen molar-refractivity contribution in [3.05, 3.63) is 51.8 Å². The molecule has 0 radical (unpaired) electrons. The average Bonchev–Trinajstić information content (AvgIpc) is 2.83. The third-order valence-corrected chi connectivity index (χ3v) is 3.49. The molecule has 0 fully saturated rings. The predicted molar refractivity (Wildman–Crippen MR) is 73.5 cm³/mol. The molecule has 0 spiro atoms. The minimum absolute atomic E-state index is 0.153. The first kappa shape index (κ1) is 13.4. The zero-order valence-corrected chi connectivity index (χ0v) is 11.4. The molecular weight excluding hydrogens is 271 g/mol. The smallest absolute Gasteiger partial charge is 0.0741 e. The summed E-state index contributed by atoms with van der Waals surface area (Å²) >= 11 is 11.9. The molecule has 18 heavy (non-hydrogen) atoms. The number of nitrogens with two attached hydrogens (primary N) is 1. The molecule has 96 valence electrons. The van der Waals surface area contributed by atoms with E-state index in [4.69, 9.17) is 29.0 Å². The monoisotopic (exact) mass is 284 g/mol. The van der Waals surface area contributed by atoms with Gasteiger partial charge >= 0.3 is 0 Å². The Bertz CT molecular complexity index is 539. The lowest BCUT2D eigenvalue weighted by Gasteiger charge is -2.15. The van der Waals surface area contributed by atoms with Gasteiger partial charge in [-0.15, -0.1) is 0 Å². The molecule has 1 unspecified atom stereocenters. The van der Waals surface area contributed by atoms with Crippen LogP contribution < -0.4 is 11.3 Å². The van der Waals surface area contributed by atoms with Crippen LogP contribution in [0.25, 0.3) is 0 Å². The summed E-state index contributed by atoms with van der Waals surface area (Å²) in [6.45, 7) is 2.85. The molecule has 3 N–H and O–H groups in total. The average molecular weight is 285 g/mol. The lowest BCUT2D eigenvalue weighted by molar-refractivity contribution is 0.630. The number of nitrogens with one attached hydrogen (secondary N) is 1. The first-order chi connectivity index (χ1) is 8.65. The fraction of sp³-hybridized carbons (Fsp3) is 0.250. The number of hydrazine groups is 1. The largest absolute Gasteiger partial charge is 0.273 e. The lowest BCUT2D eigenvalue weighted by atomic mass is 10.0. The van der Waals surface area contributed by atoms with Gasteiger partial charge in [-0.2, -0.15) is 5.10 Å². The summed E-state index contributed by atoms with van der Waals surface area (Å²) in [6.07, 6.45) is 3.74. The Balaban J connectivity index is 2.35. The predicted octanol–water partition coefficient (Wildman–Crippen LogP) is 2.76. The highest BCUT2D eigenvalue weighted by Crippen LogP contribution is 2.28. The Labute approximate surface area is 116 Å². The molecule has 4 nitrogen and oxygen atoms in total. The molecular formula is C12H14Cl2N4. The summed E-state index contributed by atoms with van der Waals surface area (Å²) < 4.78 is 1.84. The lowest BCUT2D eigenvalue weighted by Crippen LogP contribution is -2.28. The molecule has 2 aromatic rings. The maximum Gasteiger partial charge on any atom is 0.0741 e. The molecule has 0 aliphatic heterocycles. The van der Waals surface area contributed by atoms with E-state index in [1.165, 1.54) is 0 Å². The standard InChI is InChI=1S/C12H14Cl2N4/c1-2-18-7-9(6-16-18)12(17-15)8-3-4-10(13)11(14)5-8/h3-7,12,17H,2,15H2,1H3. The van der Waals surface area contributed by atoms with Crippen LogP contribution in [-0.2, 0) is 6.54 Å². The van der Waals surface area contributed by atoms with Gasteiger partial charge in [-0.05, 0) is 24.6 Å². The Morgan fingerprint density at radius 1 is 1.33 bits per heavy atom. The molecule has 0 aliphatic rings. The van der Waals surface area contributed by atoms with Crippen LogP contribution >= 0.6 is 23.2 Å². The number of rotatable bonds is 4. The van der Waals surface area contributed by atoms with Gasteiger partial charge < -0.3 is 0 Å². The highest BCUT2D eigenvalue weighted by molar-refractivity contribution is 6.42. The zero-order valence-electron chi connectivity index (χ0n) is 9.90. The Kier molecular flexibility index (Phi) is 4.24. The second kappa shape index (κ2) is 5.71. The minimum Gasteiger partial charge on any atom is -0.273 e. The van der Waals surface area contributed by atoms with Crippen molar-refractivity contribution in [2.24, 2.45) is 5.84 Å². The van der Waals surface area contributed by atoms with Gasteiger partial charge in [0, 0.05) is 18.3 Å². The van der Waals surface area contributed by atoms with E-state index in [0.29, 0.717) is 10.0 Å². The summed E-state index contributed by atoms with van der Waals surface area (Å²) in [7, 11) is 0. The Morgan fingerprint density at radius 2 is 2.11 bits per heavy atom. The summed E-state index contributed by atoms with van der Waals surface area (Å²) in [6, 6.07) is 5.30. The number of halogens is 2. The Hall–Kier alpha value is -1.07. The van der Waals surface area contributed by atoms with Crippen LogP contribution in [0.15, 0.2) is 30.6 Å². The topological polar surface area (TPSA) is 55.9 Å². The normalized spacial score (nSPS) is 12.7. The summed E-state index contributed by atoms with van der Waals surface area (Å²) in [5.74, 6) is 5.61. The zero-order chi connectivity index (χ0) is 13.1. The fourth-order valence-corrected chi connectivity index (χ4v) is 2.08. The number of hydrogen-bond acceptors (Lipinski definition) is 3. The van der Waals surface area contributed by atoms with Gasteiger partial charge in [-0.1, -0.05) is 29.3 Å². The van der Waals surface area contributed by atoms with Crippen molar-refractivity contribution in [2.45, 2.75) is 19.5 Å². The van der Waals surface area contributed by atoms with Gasteiger partial charge in [0.1, 0.15) is 0 Å². The van der Waals surface area contributed by atoms with Crippen molar-refractivity contribution in [1.82, 2.24) is 15.2 Å². The van der Waals surface area contributed by atoms with Crippen LogP contribution in [0.3, 0.4) is 0 Å². The summed E-state index contributed by atoms with van der Waals surface area (Å²) in [5.41, 5.74) is 4.69. The molecule has 1 aromatic heterocycles. The van der Waals surface area contributed by atoms with Crippen LogP contribution in [0, 0.1) is 0 Å². The van der Waals surface area contributed by atoms with Crippen LogP contribution in [-0.4, -0.2) is 9.78 Å². The van der Waals surface area contributed by atoms with E-state index in [-0.39, 0.29) is 6.04 Å². The van der Waals surface area contributed by atoms with E-state index in [9.17, 15) is 0 Å². The fourth-order valence-electron chi connectivity index (χ4n) is 1.78. The molecule has 0 bridgehead atoms. The van der Waals surface area contributed by atoms with Crippen LogP contribution in [0.5, 0.6) is 0 Å². The number of aryl methyl sites for hydroxylation is 1.